The predicted octanol–water partition coefficient (Wildman–Crippen LogP) is 0.228. The summed E-state index contributed by atoms with van der Waals surface area (Å²) < 4.78 is 5.33. The van der Waals surface area contributed by atoms with Gasteiger partial charge in [-0.15, -0.1) is 0 Å². The van der Waals surface area contributed by atoms with Gasteiger partial charge in [-0.05, 0) is 38.6 Å². The minimum Gasteiger partial charge on any atom is -0.481 e. The van der Waals surface area contributed by atoms with E-state index in [9.17, 15) is 9.59 Å². The maximum atomic E-state index is 12.1. The van der Waals surface area contributed by atoms with Gasteiger partial charge in [-0.2, -0.15) is 0 Å². The number of carboxylic acid groups (broad SMARTS) is 1. The van der Waals surface area contributed by atoms with Crippen molar-refractivity contribution < 1.29 is 19.4 Å². The van der Waals surface area contributed by atoms with Gasteiger partial charge in [0.2, 0.25) is 5.91 Å². The fourth-order valence-corrected chi connectivity index (χ4v) is 3.09. The quantitative estimate of drug-likeness (QED) is 0.672. The van der Waals surface area contributed by atoms with E-state index < -0.39 is 5.97 Å². The number of carbonyl (C=O) groups is 2. The number of ether oxygens (including phenoxy) is 1. The van der Waals surface area contributed by atoms with Crippen LogP contribution in [0.3, 0.4) is 0 Å². The van der Waals surface area contributed by atoms with Gasteiger partial charge in [0.1, 0.15) is 0 Å². The summed E-state index contributed by atoms with van der Waals surface area (Å²) in [6.07, 6.45) is 3.21. The van der Waals surface area contributed by atoms with E-state index in [1.54, 1.807) is 0 Å². The number of hydrogen-bond acceptors (Lipinski definition) is 4. The van der Waals surface area contributed by atoms with Crippen LogP contribution >= 0.6 is 0 Å². The second-order valence-electron chi connectivity index (χ2n) is 5.84. The van der Waals surface area contributed by atoms with Crippen LogP contribution in [0.15, 0.2) is 0 Å². The molecule has 1 heterocycles. The molecule has 0 aromatic rings. The monoisotopic (exact) mass is 284 g/mol. The zero-order chi connectivity index (χ0) is 14.5. The smallest absolute Gasteiger partial charge is 0.306 e. The van der Waals surface area contributed by atoms with Crippen LogP contribution in [0, 0.1) is 17.8 Å². The molecule has 114 valence electrons. The number of carbonyl (C=O) groups excluding carboxylic acids is 1. The summed E-state index contributed by atoms with van der Waals surface area (Å²) in [5.41, 5.74) is 0. The number of amides is 1. The molecule has 0 aromatic carbocycles. The summed E-state index contributed by atoms with van der Waals surface area (Å²) >= 11 is 0. The number of rotatable bonds is 5. The minimum absolute atomic E-state index is 0.0437. The van der Waals surface area contributed by atoms with Crippen molar-refractivity contribution in [3.8, 4) is 0 Å². The summed E-state index contributed by atoms with van der Waals surface area (Å²) in [7, 11) is 1.84. The maximum absolute atomic E-state index is 12.1. The van der Waals surface area contributed by atoms with Crippen molar-refractivity contribution in [2.75, 3.05) is 26.8 Å². The third kappa shape index (κ3) is 3.70. The first-order valence-corrected chi connectivity index (χ1v) is 7.37. The first-order chi connectivity index (χ1) is 9.61. The zero-order valence-corrected chi connectivity index (χ0v) is 11.9. The van der Waals surface area contributed by atoms with Crippen molar-refractivity contribution in [3.05, 3.63) is 0 Å². The highest BCUT2D eigenvalue weighted by Gasteiger charge is 2.33. The van der Waals surface area contributed by atoms with Crippen LogP contribution in [0.4, 0.5) is 0 Å². The van der Waals surface area contributed by atoms with Crippen LogP contribution in [-0.4, -0.2) is 49.8 Å². The first-order valence-electron chi connectivity index (χ1n) is 7.37. The second-order valence-corrected chi connectivity index (χ2v) is 5.84. The van der Waals surface area contributed by atoms with Gasteiger partial charge in [0.05, 0.1) is 25.0 Å². The molecule has 6 heteroatoms. The lowest BCUT2D eigenvalue weighted by Gasteiger charge is -2.27. The first kappa shape index (κ1) is 15.3. The second kappa shape index (κ2) is 7.04. The average molecular weight is 284 g/mol. The van der Waals surface area contributed by atoms with Crippen LogP contribution in [0.2, 0.25) is 0 Å². The van der Waals surface area contributed by atoms with Crippen LogP contribution in [0.1, 0.15) is 25.7 Å². The van der Waals surface area contributed by atoms with Crippen molar-refractivity contribution in [1.82, 2.24) is 10.6 Å². The van der Waals surface area contributed by atoms with E-state index in [4.69, 9.17) is 9.84 Å². The van der Waals surface area contributed by atoms with Gasteiger partial charge in [-0.25, -0.2) is 0 Å². The summed E-state index contributed by atoms with van der Waals surface area (Å²) in [4.78, 5) is 23.0. The molecular formula is C14H24N2O4. The lowest BCUT2D eigenvalue weighted by molar-refractivity contribution is -0.143. The summed E-state index contributed by atoms with van der Waals surface area (Å²) in [5.74, 6) is -0.547. The third-order valence-corrected chi connectivity index (χ3v) is 4.55. The molecule has 2 rings (SSSR count). The average Bonchev–Trinajstić information content (AvgIpc) is 2.93. The van der Waals surface area contributed by atoms with E-state index in [-0.39, 0.29) is 23.8 Å². The molecule has 6 nitrogen and oxygen atoms in total. The number of carboxylic acids is 1. The third-order valence-electron chi connectivity index (χ3n) is 4.55. The standard InChI is InChI=1S/C14H24N2O4/c1-15-12-8-20-7-11(12)13(17)16-6-9-2-4-10(5-3-9)14(18)19/h9-12,15H,2-8H2,1H3,(H,16,17)(H,18,19). The predicted molar refractivity (Wildman–Crippen MR) is 73.3 cm³/mol. The Labute approximate surface area is 119 Å². The molecule has 1 saturated carbocycles. The molecule has 0 radical (unpaired) electrons. The van der Waals surface area contributed by atoms with Gasteiger partial charge >= 0.3 is 5.97 Å². The Morgan fingerprint density at radius 1 is 1.20 bits per heavy atom. The van der Waals surface area contributed by atoms with E-state index in [1.807, 2.05) is 7.05 Å². The Hall–Kier alpha value is -1.14. The summed E-state index contributed by atoms with van der Waals surface area (Å²) in [6.45, 7) is 1.71. The van der Waals surface area contributed by atoms with E-state index in [0.717, 1.165) is 25.7 Å². The van der Waals surface area contributed by atoms with Gasteiger partial charge in [0.15, 0.2) is 0 Å². The molecule has 1 amide bonds. The SMILES string of the molecule is CNC1COCC1C(=O)NCC1CCC(C(=O)O)CC1. The fourth-order valence-electron chi connectivity index (χ4n) is 3.09. The Morgan fingerprint density at radius 2 is 1.90 bits per heavy atom. The molecule has 0 spiro atoms. The molecular weight excluding hydrogens is 260 g/mol. The van der Waals surface area contributed by atoms with Crippen molar-refractivity contribution in [3.63, 3.8) is 0 Å². The molecule has 2 unspecified atom stereocenters. The van der Waals surface area contributed by atoms with Crippen LogP contribution in [0.5, 0.6) is 0 Å². The Kier molecular flexibility index (Phi) is 5.37. The van der Waals surface area contributed by atoms with Gasteiger partial charge in [0.25, 0.3) is 0 Å². The topological polar surface area (TPSA) is 87.7 Å². The number of aliphatic carboxylic acids is 1. The Balaban J connectivity index is 1.70. The molecule has 2 fully saturated rings. The molecule has 1 aliphatic heterocycles. The number of likely N-dealkylation sites (N-methyl/N-ethyl adjacent to an activating group) is 1. The van der Waals surface area contributed by atoms with Crippen molar-refractivity contribution in [2.24, 2.45) is 17.8 Å². The normalized spacial score (nSPS) is 33.9. The Morgan fingerprint density at radius 3 is 2.50 bits per heavy atom. The number of nitrogens with one attached hydrogen (secondary N) is 2. The molecule has 0 aromatic heterocycles. The van der Waals surface area contributed by atoms with E-state index in [0.29, 0.717) is 25.7 Å². The molecule has 0 bridgehead atoms. The molecule has 3 N–H and O–H groups in total. The molecule has 1 aliphatic carbocycles. The number of hydrogen-bond donors (Lipinski definition) is 3. The van der Waals surface area contributed by atoms with Crippen molar-refractivity contribution >= 4 is 11.9 Å². The van der Waals surface area contributed by atoms with Crippen LogP contribution in [0.25, 0.3) is 0 Å². The molecule has 1 saturated heterocycles. The Bertz CT molecular complexity index is 353. The van der Waals surface area contributed by atoms with Crippen LogP contribution in [-0.2, 0) is 14.3 Å². The largest absolute Gasteiger partial charge is 0.481 e. The summed E-state index contributed by atoms with van der Waals surface area (Å²) in [6, 6.07) is 0.0951. The minimum atomic E-state index is -0.688. The highest BCUT2D eigenvalue weighted by Crippen LogP contribution is 2.28. The lowest BCUT2D eigenvalue weighted by atomic mass is 9.82. The lowest BCUT2D eigenvalue weighted by Crippen LogP contribution is -2.44. The van der Waals surface area contributed by atoms with Crippen molar-refractivity contribution in [1.29, 1.82) is 0 Å². The molecule has 2 atom stereocenters. The van der Waals surface area contributed by atoms with Crippen LogP contribution < -0.4 is 10.6 Å². The molecule has 20 heavy (non-hydrogen) atoms. The van der Waals surface area contributed by atoms with E-state index in [1.165, 1.54) is 0 Å². The van der Waals surface area contributed by atoms with Crippen molar-refractivity contribution in [2.45, 2.75) is 31.7 Å². The zero-order valence-electron chi connectivity index (χ0n) is 11.9. The summed E-state index contributed by atoms with van der Waals surface area (Å²) in [5, 5.41) is 15.0. The highest BCUT2D eigenvalue weighted by atomic mass is 16.5. The van der Waals surface area contributed by atoms with Gasteiger partial charge in [0, 0.05) is 12.6 Å². The van der Waals surface area contributed by atoms with Gasteiger partial charge in [-0.3, -0.25) is 9.59 Å². The highest BCUT2D eigenvalue weighted by molar-refractivity contribution is 5.79. The van der Waals surface area contributed by atoms with E-state index >= 15 is 0 Å². The molecule has 2 aliphatic rings. The van der Waals surface area contributed by atoms with Gasteiger partial charge in [-0.1, -0.05) is 0 Å². The van der Waals surface area contributed by atoms with Gasteiger partial charge < -0.3 is 20.5 Å². The fraction of sp³-hybridized carbons (Fsp3) is 0.857. The van der Waals surface area contributed by atoms with E-state index in [2.05, 4.69) is 10.6 Å². The maximum Gasteiger partial charge on any atom is 0.306 e.